The fourth-order valence-electron chi connectivity index (χ4n) is 1.02. The minimum absolute atomic E-state index is 0.439. The van der Waals surface area contributed by atoms with Gasteiger partial charge in [0.2, 0.25) is 0 Å². The molecule has 0 saturated heterocycles. The van der Waals surface area contributed by atoms with Crippen molar-refractivity contribution in [3.63, 3.8) is 0 Å². The number of carbonyl (C=O) groups is 1. The van der Waals surface area contributed by atoms with E-state index >= 15 is 0 Å². The maximum absolute atomic E-state index is 13.3. The fraction of sp³-hybridized carbons (Fsp3) is 0.222. The summed E-state index contributed by atoms with van der Waals surface area (Å²) < 4.78 is 43.4. The molecule has 0 aliphatic rings. The van der Waals surface area contributed by atoms with Gasteiger partial charge in [-0.05, 0) is 22.9 Å². The number of benzene rings is 1. The first-order chi connectivity index (χ1) is 6.91. The normalized spacial score (nSPS) is 10.3. The number of halogens is 4. The largest absolute Gasteiger partial charge is 0.465 e. The second-order valence-corrected chi connectivity index (χ2v) is 3.54. The molecule has 1 aromatic carbocycles. The fourth-order valence-corrected chi connectivity index (χ4v) is 1.66. The van der Waals surface area contributed by atoms with Crippen LogP contribution in [-0.4, -0.2) is 13.1 Å². The molecule has 0 N–H and O–H groups in total. The number of hydrogen-bond acceptors (Lipinski definition) is 2. The summed E-state index contributed by atoms with van der Waals surface area (Å²) in [5.74, 6) is -4.98. The quantitative estimate of drug-likeness (QED) is 0.585. The van der Waals surface area contributed by atoms with Crippen molar-refractivity contribution in [2.75, 3.05) is 7.11 Å². The molecule has 0 aromatic heterocycles. The summed E-state index contributed by atoms with van der Waals surface area (Å²) in [7, 11) is 0.990. The van der Waals surface area contributed by atoms with Crippen LogP contribution in [0.5, 0.6) is 0 Å². The molecule has 0 atom stereocenters. The number of hydrogen-bond donors (Lipinski definition) is 0. The first-order valence-electron chi connectivity index (χ1n) is 3.82. The van der Waals surface area contributed by atoms with E-state index in [2.05, 4.69) is 20.7 Å². The highest BCUT2D eigenvalue weighted by Gasteiger charge is 2.26. The van der Waals surface area contributed by atoms with E-state index in [4.69, 9.17) is 0 Å². The molecule has 15 heavy (non-hydrogen) atoms. The van der Waals surface area contributed by atoms with E-state index in [9.17, 15) is 18.0 Å². The first-order valence-corrected chi connectivity index (χ1v) is 4.62. The molecular formula is C9H6BrF3O2. The van der Waals surface area contributed by atoms with E-state index in [-0.39, 0.29) is 0 Å². The summed E-state index contributed by atoms with van der Waals surface area (Å²) in [5.41, 5.74) is -1.27. The highest BCUT2D eigenvalue weighted by Crippen LogP contribution is 2.29. The van der Waals surface area contributed by atoms with Gasteiger partial charge >= 0.3 is 5.97 Å². The third-order valence-electron chi connectivity index (χ3n) is 1.87. The second kappa shape index (κ2) is 4.22. The minimum atomic E-state index is -1.42. The zero-order valence-corrected chi connectivity index (χ0v) is 9.41. The summed E-state index contributed by atoms with van der Waals surface area (Å²) in [5, 5.41) is 0. The predicted molar refractivity (Wildman–Crippen MR) is 50.1 cm³/mol. The molecule has 1 rings (SSSR count). The SMILES string of the molecule is COC(=O)c1c(F)c(F)c(C)c(F)c1Br. The van der Waals surface area contributed by atoms with Gasteiger partial charge in [0, 0.05) is 5.56 Å². The van der Waals surface area contributed by atoms with Gasteiger partial charge in [-0.3, -0.25) is 0 Å². The molecule has 1 aromatic rings. The molecular weight excluding hydrogens is 277 g/mol. The van der Waals surface area contributed by atoms with Crippen LogP contribution >= 0.6 is 15.9 Å². The summed E-state index contributed by atoms with van der Waals surface area (Å²) in [6.45, 7) is 1.07. The Morgan fingerprint density at radius 1 is 1.20 bits per heavy atom. The minimum Gasteiger partial charge on any atom is -0.465 e. The predicted octanol–water partition coefficient (Wildman–Crippen LogP) is 2.96. The van der Waals surface area contributed by atoms with Gasteiger partial charge in [-0.15, -0.1) is 0 Å². The van der Waals surface area contributed by atoms with Crippen molar-refractivity contribution >= 4 is 21.9 Å². The number of carbonyl (C=O) groups excluding carboxylic acids is 1. The molecule has 0 saturated carbocycles. The maximum Gasteiger partial charge on any atom is 0.342 e. The van der Waals surface area contributed by atoms with Gasteiger partial charge in [-0.1, -0.05) is 0 Å². The lowest BCUT2D eigenvalue weighted by Crippen LogP contribution is -2.10. The maximum atomic E-state index is 13.3. The van der Waals surface area contributed by atoms with Crippen molar-refractivity contribution < 1.29 is 22.7 Å². The van der Waals surface area contributed by atoms with Crippen LogP contribution in [0.4, 0.5) is 13.2 Å². The topological polar surface area (TPSA) is 26.3 Å². The van der Waals surface area contributed by atoms with Crippen LogP contribution in [0, 0.1) is 24.4 Å². The second-order valence-electron chi connectivity index (χ2n) is 2.75. The van der Waals surface area contributed by atoms with Crippen LogP contribution in [0.3, 0.4) is 0 Å². The molecule has 0 radical (unpaired) electrons. The van der Waals surface area contributed by atoms with Gasteiger partial charge < -0.3 is 4.74 Å². The van der Waals surface area contributed by atoms with E-state index in [1.807, 2.05) is 0 Å². The third-order valence-corrected chi connectivity index (χ3v) is 2.62. The molecule has 6 heteroatoms. The Kier molecular flexibility index (Phi) is 3.38. The van der Waals surface area contributed by atoms with Gasteiger partial charge in [0.15, 0.2) is 11.6 Å². The summed E-state index contributed by atoms with van der Waals surface area (Å²) in [6.07, 6.45) is 0. The van der Waals surface area contributed by atoms with Crippen molar-refractivity contribution in [2.45, 2.75) is 6.92 Å². The van der Waals surface area contributed by atoms with E-state index in [0.29, 0.717) is 0 Å². The lowest BCUT2D eigenvalue weighted by Gasteiger charge is -2.08. The Morgan fingerprint density at radius 2 is 1.73 bits per heavy atom. The summed E-state index contributed by atoms with van der Waals surface area (Å²) >= 11 is 2.67. The monoisotopic (exact) mass is 282 g/mol. The van der Waals surface area contributed by atoms with Crippen molar-refractivity contribution in [1.82, 2.24) is 0 Å². The number of ether oxygens (including phenoxy) is 1. The van der Waals surface area contributed by atoms with E-state index in [1.54, 1.807) is 0 Å². The summed E-state index contributed by atoms with van der Waals surface area (Å²) in [6, 6.07) is 0. The summed E-state index contributed by atoms with van der Waals surface area (Å²) in [4.78, 5) is 11.0. The Balaban J connectivity index is 3.60. The molecule has 2 nitrogen and oxygen atoms in total. The van der Waals surface area contributed by atoms with Crippen LogP contribution in [0.2, 0.25) is 0 Å². The van der Waals surface area contributed by atoms with Crippen LogP contribution in [0.1, 0.15) is 15.9 Å². The Hall–Kier alpha value is -1.04. The molecule has 0 heterocycles. The lowest BCUT2D eigenvalue weighted by atomic mass is 10.1. The average molecular weight is 283 g/mol. The number of methoxy groups -OCH3 is 1. The molecule has 0 aliphatic carbocycles. The first kappa shape index (κ1) is 12.0. The highest BCUT2D eigenvalue weighted by molar-refractivity contribution is 9.10. The molecule has 0 unspecified atom stereocenters. The highest BCUT2D eigenvalue weighted by atomic mass is 79.9. The lowest BCUT2D eigenvalue weighted by molar-refractivity contribution is 0.0592. The molecule has 0 fully saturated rings. The van der Waals surface area contributed by atoms with Gasteiger partial charge in [0.1, 0.15) is 11.4 Å². The van der Waals surface area contributed by atoms with Gasteiger partial charge in [-0.2, -0.15) is 0 Å². The zero-order valence-electron chi connectivity index (χ0n) is 7.83. The van der Waals surface area contributed by atoms with Crippen LogP contribution in [0.25, 0.3) is 0 Å². The van der Waals surface area contributed by atoms with Gasteiger partial charge in [0.25, 0.3) is 0 Å². The van der Waals surface area contributed by atoms with Gasteiger partial charge in [0.05, 0.1) is 11.6 Å². The van der Waals surface area contributed by atoms with Crippen molar-refractivity contribution in [1.29, 1.82) is 0 Å². The van der Waals surface area contributed by atoms with Crippen molar-refractivity contribution in [3.8, 4) is 0 Å². The molecule has 82 valence electrons. The molecule has 0 amide bonds. The molecule has 0 bridgehead atoms. The van der Waals surface area contributed by atoms with Crippen molar-refractivity contribution in [2.24, 2.45) is 0 Å². The van der Waals surface area contributed by atoms with Crippen LogP contribution in [0.15, 0.2) is 4.47 Å². The van der Waals surface area contributed by atoms with Crippen LogP contribution < -0.4 is 0 Å². The smallest absolute Gasteiger partial charge is 0.342 e. The Labute approximate surface area is 92.2 Å². The Bertz CT molecular complexity index is 403. The molecule has 0 aliphatic heterocycles. The van der Waals surface area contributed by atoms with E-state index in [0.717, 1.165) is 14.0 Å². The number of esters is 1. The Morgan fingerprint density at radius 3 is 2.20 bits per heavy atom. The van der Waals surface area contributed by atoms with Crippen LogP contribution in [-0.2, 0) is 4.74 Å². The third kappa shape index (κ3) is 1.86. The standard InChI is InChI=1S/C9H6BrF3O2/c1-3-6(11)5(10)4(9(14)15-2)8(13)7(3)12/h1-2H3. The molecule has 0 spiro atoms. The zero-order chi connectivity index (χ0) is 11.7. The van der Waals surface area contributed by atoms with Gasteiger partial charge in [-0.25, -0.2) is 18.0 Å². The van der Waals surface area contributed by atoms with Crippen molar-refractivity contribution in [3.05, 3.63) is 33.1 Å². The van der Waals surface area contributed by atoms with E-state index in [1.165, 1.54) is 0 Å². The van der Waals surface area contributed by atoms with E-state index < -0.39 is 39.0 Å². The number of rotatable bonds is 1. The average Bonchev–Trinajstić information content (AvgIpc) is 2.23.